The second-order valence-electron chi connectivity index (χ2n) is 6.97. The van der Waals surface area contributed by atoms with Crippen molar-refractivity contribution in [2.24, 2.45) is 4.99 Å². The van der Waals surface area contributed by atoms with Crippen LogP contribution in [0.2, 0.25) is 0 Å². The predicted molar refractivity (Wildman–Crippen MR) is 116 cm³/mol. The number of aromatic nitrogens is 1. The lowest BCUT2D eigenvalue weighted by molar-refractivity contribution is 0.101. The highest BCUT2D eigenvalue weighted by molar-refractivity contribution is 7.07. The Bertz CT molecular complexity index is 1060. The van der Waals surface area contributed by atoms with E-state index in [1.807, 2.05) is 37.3 Å². The van der Waals surface area contributed by atoms with Crippen molar-refractivity contribution in [3.05, 3.63) is 76.1 Å². The molecule has 5 nitrogen and oxygen atoms in total. The van der Waals surface area contributed by atoms with Gasteiger partial charge in [-0.25, -0.2) is 8.95 Å². The summed E-state index contributed by atoms with van der Waals surface area (Å²) in [6.45, 7) is 7.84. The van der Waals surface area contributed by atoms with Gasteiger partial charge in [-0.05, 0) is 67.8 Å². The second-order valence-corrected chi connectivity index (χ2v) is 8.16. The van der Waals surface area contributed by atoms with E-state index in [4.69, 9.17) is 10.4 Å². The van der Waals surface area contributed by atoms with Gasteiger partial charge in [-0.2, -0.15) is 0 Å². The number of benzene rings is 2. The van der Waals surface area contributed by atoms with E-state index in [1.165, 1.54) is 17.1 Å². The largest absolute Gasteiger partial charge is 0.325 e. The number of carbonyl (C=O) groups is 1. The van der Waals surface area contributed by atoms with E-state index >= 15 is 0 Å². The fourth-order valence-electron chi connectivity index (χ4n) is 2.73. The van der Waals surface area contributed by atoms with Crippen molar-refractivity contribution in [1.82, 2.24) is 3.96 Å². The molecule has 0 bridgehead atoms. The van der Waals surface area contributed by atoms with Gasteiger partial charge in [-0.3, -0.25) is 10.2 Å². The fraction of sp³-hybridized carbons (Fsp3) is 0.227. The monoisotopic (exact) mass is 392 g/mol. The molecule has 0 saturated carbocycles. The molecule has 0 aliphatic heterocycles. The van der Waals surface area contributed by atoms with E-state index in [0.717, 1.165) is 16.3 Å². The van der Waals surface area contributed by atoms with Crippen LogP contribution in [0.4, 0.5) is 11.4 Å². The SMILES string of the molecule is CC(=O)c1ccc(NC(=Nc2ccc(C(C)C)cc2)n2sc(C)cc2=N)cc1. The Labute approximate surface area is 169 Å². The summed E-state index contributed by atoms with van der Waals surface area (Å²) >= 11 is 1.46. The van der Waals surface area contributed by atoms with E-state index in [9.17, 15) is 4.79 Å². The molecule has 3 rings (SSSR count). The molecule has 2 aromatic carbocycles. The lowest BCUT2D eigenvalue weighted by Crippen LogP contribution is -2.28. The molecule has 0 saturated heterocycles. The van der Waals surface area contributed by atoms with Crippen LogP contribution >= 0.6 is 11.5 Å². The molecule has 3 aromatic rings. The standard InChI is InChI=1S/C22H24N4OS/c1-14(2)17-5-9-19(10-6-17)24-22(26-21(23)13-15(3)28-26)25-20-11-7-18(8-12-20)16(4)27/h5-14,23H,1-4H3,(H,24,25). The minimum absolute atomic E-state index is 0.0300. The van der Waals surface area contributed by atoms with Crippen molar-refractivity contribution in [2.45, 2.75) is 33.6 Å². The molecule has 1 aromatic heterocycles. The third-order valence-electron chi connectivity index (χ3n) is 4.33. The topological polar surface area (TPSA) is 70.2 Å². The minimum atomic E-state index is 0.0300. The van der Waals surface area contributed by atoms with Crippen LogP contribution in [-0.2, 0) is 0 Å². The first kappa shape index (κ1) is 19.8. The molecule has 0 aliphatic rings. The molecular formula is C22H24N4OS. The molecule has 28 heavy (non-hydrogen) atoms. The van der Waals surface area contributed by atoms with Gasteiger partial charge in [0.1, 0.15) is 5.49 Å². The molecule has 2 N–H and O–H groups in total. The Balaban J connectivity index is 1.98. The maximum absolute atomic E-state index is 11.5. The predicted octanol–water partition coefficient (Wildman–Crippen LogP) is 5.31. The lowest BCUT2D eigenvalue weighted by atomic mass is 10.0. The fourth-order valence-corrected chi connectivity index (χ4v) is 3.50. The van der Waals surface area contributed by atoms with Crippen LogP contribution in [0, 0.1) is 12.3 Å². The summed E-state index contributed by atoms with van der Waals surface area (Å²) in [6, 6.07) is 17.2. The molecule has 0 atom stereocenters. The molecule has 0 unspecified atom stereocenters. The van der Waals surface area contributed by atoms with Gasteiger partial charge < -0.3 is 5.32 Å². The third-order valence-corrected chi connectivity index (χ3v) is 5.29. The number of carbonyl (C=O) groups excluding carboxylic acids is 1. The van der Waals surface area contributed by atoms with Crippen LogP contribution in [0.15, 0.2) is 59.6 Å². The molecular weight excluding hydrogens is 368 g/mol. The molecule has 144 valence electrons. The van der Waals surface area contributed by atoms with Crippen LogP contribution < -0.4 is 10.8 Å². The van der Waals surface area contributed by atoms with Crippen molar-refractivity contribution in [3.8, 4) is 0 Å². The average Bonchev–Trinajstić information content (AvgIpc) is 3.00. The highest BCUT2D eigenvalue weighted by Crippen LogP contribution is 2.20. The zero-order chi connectivity index (χ0) is 20.3. The first-order chi connectivity index (χ1) is 13.3. The van der Waals surface area contributed by atoms with Gasteiger partial charge in [0, 0.05) is 16.1 Å². The average molecular weight is 393 g/mol. The number of nitrogens with one attached hydrogen (secondary N) is 2. The quantitative estimate of drug-likeness (QED) is 0.359. The van der Waals surface area contributed by atoms with Crippen molar-refractivity contribution in [3.63, 3.8) is 0 Å². The number of rotatable bonds is 4. The zero-order valence-electron chi connectivity index (χ0n) is 16.5. The number of aryl methyl sites for hydroxylation is 1. The van der Waals surface area contributed by atoms with E-state index in [-0.39, 0.29) is 5.78 Å². The molecule has 0 aliphatic carbocycles. The van der Waals surface area contributed by atoms with Crippen LogP contribution in [0.1, 0.15) is 47.5 Å². The van der Waals surface area contributed by atoms with Crippen molar-refractivity contribution in [1.29, 1.82) is 5.41 Å². The number of nitrogens with zero attached hydrogens (tertiary/aromatic N) is 2. The Hall–Kier alpha value is -2.99. The first-order valence-electron chi connectivity index (χ1n) is 9.15. The maximum Gasteiger partial charge on any atom is 0.223 e. The summed E-state index contributed by atoms with van der Waals surface area (Å²) in [5.41, 5.74) is 3.90. The van der Waals surface area contributed by atoms with Gasteiger partial charge in [-0.15, -0.1) is 0 Å². The molecule has 0 amide bonds. The van der Waals surface area contributed by atoms with Gasteiger partial charge in [0.15, 0.2) is 5.78 Å². The number of hydrogen-bond donors (Lipinski definition) is 2. The molecule has 1 heterocycles. The van der Waals surface area contributed by atoms with Gasteiger partial charge >= 0.3 is 0 Å². The lowest BCUT2D eigenvalue weighted by Gasteiger charge is -2.11. The normalized spacial score (nSPS) is 11.7. The molecule has 0 fully saturated rings. The highest BCUT2D eigenvalue weighted by atomic mass is 32.1. The third kappa shape index (κ3) is 4.64. The van der Waals surface area contributed by atoms with Crippen LogP contribution in [-0.4, -0.2) is 15.7 Å². The summed E-state index contributed by atoms with van der Waals surface area (Å²) in [6.07, 6.45) is 0. The van der Waals surface area contributed by atoms with Crippen LogP contribution in [0.25, 0.3) is 0 Å². The van der Waals surface area contributed by atoms with Gasteiger partial charge in [-0.1, -0.05) is 37.5 Å². The molecule has 6 heteroatoms. The van der Waals surface area contributed by atoms with Crippen LogP contribution in [0.5, 0.6) is 0 Å². The highest BCUT2D eigenvalue weighted by Gasteiger charge is 2.09. The summed E-state index contributed by atoms with van der Waals surface area (Å²) < 4.78 is 1.75. The number of aliphatic imine (C=N–C) groups is 1. The van der Waals surface area contributed by atoms with E-state index in [0.29, 0.717) is 22.9 Å². The summed E-state index contributed by atoms with van der Waals surface area (Å²) in [5.74, 6) is 1.04. The number of anilines is 1. The smallest absolute Gasteiger partial charge is 0.223 e. The van der Waals surface area contributed by atoms with Gasteiger partial charge in [0.05, 0.1) is 5.69 Å². The first-order valence-corrected chi connectivity index (χ1v) is 9.92. The van der Waals surface area contributed by atoms with Crippen molar-refractivity contribution >= 4 is 34.7 Å². The Morgan fingerprint density at radius 3 is 2.25 bits per heavy atom. The molecule has 0 radical (unpaired) electrons. The second kappa shape index (κ2) is 8.35. The van der Waals surface area contributed by atoms with Gasteiger partial charge in [0.25, 0.3) is 0 Å². The van der Waals surface area contributed by atoms with Crippen molar-refractivity contribution in [2.75, 3.05) is 5.32 Å². The minimum Gasteiger partial charge on any atom is -0.325 e. The van der Waals surface area contributed by atoms with E-state index < -0.39 is 0 Å². The number of Topliss-reactive ketones (excluding diaryl/α,β-unsaturated/α-hetero) is 1. The van der Waals surface area contributed by atoms with Gasteiger partial charge in [0.2, 0.25) is 5.96 Å². The summed E-state index contributed by atoms with van der Waals surface area (Å²) in [5, 5.41) is 11.5. The Morgan fingerprint density at radius 1 is 1.11 bits per heavy atom. The van der Waals surface area contributed by atoms with E-state index in [1.54, 1.807) is 23.0 Å². The zero-order valence-corrected chi connectivity index (χ0v) is 17.3. The summed E-state index contributed by atoms with van der Waals surface area (Å²) in [4.78, 5) is 17.3. The van der Waals surface area contributed by atoms with E-state index in [2.05, 4.69) is 31.3 Å². The molecule has 0 spiro atoms. The maximum atomic E-state index is 11.5. The summed E-state index contributed by atoms with van der Waals surface area (Å²) in [7, 11) is 0. The van der Waals surface area contributed by atoms with Crippen molar-refractivity contribution < 1.29 is 4.79 Å². The van der Waals surface area contributed by atoms with Crippen LogP contribution in [0.3, 0.4) is 0 Å². The Morgan fingerprint density at radius 2 is 1.75 bits per heavy atom. The number of hydrogen-bond acceptors (Lipinski definition) is 4. The Kier molecular flexibility index (Phi) is 5.90. The number of ketones is 1.